The number of anilines is 2. The second-order valence-corrected chi connectivity index (χ2v) is 10.4. The molecule has 1 fully saturated rings. The van der Waals surface area contributed by atoms with E-state index >= 15 is 0 Å². The molecular formula is C28H31F5N8. The molecule has 0 aliphatic carbocycles. The lowest BCUT2D eigenvalue weighted by Gasteiger charge is -2.39. The van der Waals surface area contributed by atoms with Gasteiger partial charge >= 0.3 is 6.18 Å². The summed E-state index contributed by atoms with van der Waals surface area (Å²) in [5, 5.41) is 2.81. The molecular weight excluding hydrogens is 543 g/mol. The first-order valence-corrected chi connectivity index (χ1v) is 13.4. The molecule has 5 rings (SSSR count). The van der Waals surface area contributed by atoms with Gasteiger partial charge in [-0.1, -0.05) is 13.0 Å². The van der Waals surface area contributed by atoms with Gasteiger partial charge in [-0.3, -0.25) is 4.90 Å². The third kappa shape index (κ3) is 5.87. The van der Waals surface area contributed by atoms with Gasteiger partial charge in [0.1, 0.15) is 28.9 Å². The predicted molar refractivity (Wildman–Crippen MR) is 146 cm³/mol. The molecule has 1 aliphatic rings. The Morgan fingerprint density at radius 1 is 0.951 bits per heavy atom. The van der Waals surface area contributed by atoms with Gasteiger partial charge in [-0.25, -0.2) is 28.7 Å². The lowest BCUT2D eigenvalue weighted by atomic mass is 10.1. The highest BCUT2D eigenvalue weighted by Crippen LogP contribution is 2.38. The van der Waals surface area contributed by atoms with E-state index in [2.05, 4.69) is 30.2 Å². The number of benzene rings is 1. The number of nitrogens with zero attached hydrogens (tertiary/aromatic N) is 7. The van der Waals surface area contributed by atoms with Crippen LogP contribution in [0.1, 0.15) is 44.2 Å². The fourth-order valence-electron chi connectivity index (χ4n) is 5.39. The molecule has 0 bridgehead atoms. The van der Waals surface area contributed by atoms with Gasteiger partial charge < -0.3 is 14.8 Å². The first-order chi connectivity index (χ1) is 19.5. The van der Waals surface area contributed by atoms with Crippen LogP contribution in [-0.2, 0) is 0 Å². The molecule has 13 heteroatoms. The molecule has 0 saturated carbocycles. The average Bonchev–Trinajstić information content (AvgIpc) is 3.27. The largest absolute Gasteiger partial charge is 0.408 e. The maximum Gasteiger partial charge on any atom is 0.408 e. The third-order valence-corrected chi connectivity index (χ3v) is 7.33. The molecule has 4 heterocycles. The standard InChI is InChI=1S/C28H31F5N8/c1-5-39-8-10-40(11-9-39)26(28(31,32)33)18-6-7-23(34-14-18)37-27-35-15-21(30)24(38-27)19-12-20(29)25-22(13-19)41(16(2)3)17(4)36-25/h6-7,12-16,26H,5,8-11H2,1-4H3,(H,34,35,37,38)/t26-/m0/s1. The summed E-state index contributed by atoms with van der Waals surface area (Å²) in [6, 6.07) is 3.78. The van der Waals surface area contributed by atoms with Crippen molar-refractivity contribution in [1.82, 2.24) is 34.3 Å². The van der Waals surface area contributed by atoms with Gasteiger partial charge in [-0.15, -0.1) is 0 Å². The Bertz CT molecular complexity index is 1530. The van der Waals surface area contributed by atoms with Crippen LogP contribution >= 0.6 is 0 Å². The molecule has 1 saturated heterocycles. The highest BCUT2D eigenvalue weighted by molar-refractivity contribution is 5.83. The number of nitrogens with one attached hydrogen (secondary N) is 1. The fourth-order valence-corrected chi connectivity index (χ4v) is 5.39. The number of hydrogen-bond acceptors (Lipinski definition) is 7. The number of aryl methyl sites for hydroxylation is 1. The zero-order valence-electron chi connectivity index (χ0n) is 23.2. The highest BCUT2D eigenvalue weighted by Gasteiger charge is 2.45. The Kier molecular flexibility index (Phi) is 7.93. The van der Waals surface area contributed by atoms with Crippen LogP contribution in [0.25, 0.3) is 22.3 Å². The Hall–Kier alpha value is -3.71. The van der Waals surface area contributed by atoms with Crippen LogP contribution in [0.2, 0.25) is 0 Å². The van der Waals surface area contributed by atoms with Crippen molar-refractivity contribution in [2.24, 2.45) is 0 Å². The van der Waals surface area contributed by atoms with E-state index in [-0.39, 0.29) is 40.1 Å². The van der Waals surface area contributed by atoms with E-state index < -0.39 is 23.9 Å². The maximum atomic E-state index is 15.0. The van der Waals surface area contributed by atoms with Gasteiger partial charge in [0.2, 0.25) is 5.95 Å². The van der Waals surface area contributed by atoms with Crippen molar-refractivity contribution in [3.05, 3.63) is 59.7 Å². The summed E-state index contributed by atoms with van der Waals surface area (Å²) in [6.07, 6.45) is -2.35. The van der Waals surface area contributed by atoms with Crippen molar-refractivity contribution in [2.45, 2.75) is 46.0 Å². The van der Waals surface area contributed by atoms with Crippen molar-refractivity contribution in [3.63, 3.8) is 0 Å². The number of rotatable bonds is 7. The SMILES string of the molecule is CCN1CCN([C@@H](c2ccc(Nc3ncc(F)c(-c4cc(F)c5nc(C)n(C(C)C)c5c4)n3)nc2)C(F)(F)F)CC1. The minimum absolute atomic E-state index is 0.00550. The summed E-state index contributed by atoms with van der Waals surface area (Å²) in [5.41, 5.74) is 0.764. The Morgan fingerprint density at radius 3 is 2.29 bits per heavy atom. The summed E-state index contributed by atoms with van der Waals surface area (Å²) in [7, 11) is 0. The van der Waals surface area contributed by atoms with Crippen molar-refractivity contribution in [3.8, 4) is 11.3 Å². The normalized spacial score (nSPS) is 16.0. The number of pyridine rings is 1. The number of fused-ring (bicyclic) bond motifs is 1. The van der Waals surface area contributed by atoms with Crippen LogP contribution in [0, 0.1) is 18.6 Å². The summed E-state index contributed by atoms with van der Waals surface area (Å²) < 4.78 is 73.9. The van der Waals surface area contributed by atoms with Gasteiger partial charge in [0.15, 0.2) is 11.6 Å². The van der Waals surface area contributed by atoms with Crippen molar-refractivity contribution in [2.75, 3.05) is 38.0 Å². The summed E-state index contributed by atoms with van der Waals surface area (Å²) in [6.45, 7) is 10.2. The van der Waals surface area contributed by atoms with E-state index in [1.807, 2.05) is 25.3 Å². The molecule has 0 radical (unpaired) electrons. The van der Waals surface area contributed by atoms with E-state index in [9.17, 15) is 22.0 Å². The fraction of sp³-hybridized carbons (Fsp3) is 0.429. The van der Waals surface area contributed by atoms with Crippen LogP contribution in [0.4, 0.5) is 33.7 Å². The van der Waals surface area contributed by atoms with Crippen molar-refractivity contribution >= 4 is 22.8 Å². The third-order valence-electron chi connectivity index (χ3n) is 7.33. The molecule has 0 spiro atoms. The van der Waals surface area contributed by atoms with Crippen LogP contribution in [0.3, 0.4) is 0 Å². The summed E-state index contributed by atoms with van der Waals surface area (Å²) in [5.74, 6) is -0.611. The minimum Gasteiger partial charge on any atom is -0.326 e. The predicted octanol–water partition coefficient (Wildman–Crippen LogP) is 6.04. The van der Waals surface area contributed by atoms with E-state index in [1.54, 1.807) is 13.0 Å². The molecule has 3 aromatic heterocycles. The molecule has 0 unspecified atom stereocenters. The lowest BCUT2D eigenvalue weighted by Crippen LogP contribution is -2.50. The maximum absolute atomic E-state index is 15.0. The number of imidazole rings is 1. The molecule has 41 heavy (non-hydrogen) atoms. The topological polar surface area (TPSA) is 75.0 Å². The van der Waals surface area contributed by atoms with E-state index in [4.69, 9.17) is 0 Å². The Morgan fingerprint density at radius 2 is 1.68 bits per heavy atom. The molecule has 0 amide bonds. The minimum atomic E-state index is -4.47. The Labute approximate surface area is 234 Å². The van der Waals surface area contributed by atoms with Gasteiger partial charge in [-0.05, 0) is 51.1 Å². The second-order valence-electron chi connectivity index (χ2n) is 10.4. The molecule has 1 N–H and O–H groups in total. The van der Waals surface area contributed by atoms with Gasteiger partial charge in [-0.2, -0.15) is 13.2 Å². The van der Waals surface area contributed by atoms with Gasteiger partial charge in [0, 0.05) is 44.0 Å². The van der Waals surface area contributed by atoms with Crippen LogP contribution in [-0.4, -0.2) is 73.2 Å². The van der Waals surface area contributed by atoms with Crippen molar-refractivity contribution in [1.29, 1.82) is 0 Å². The molecule has 1 aromatic carbocycles. The molecule has 8 nitrogen and oxygen atoms in total. The number of piperazine rings is 1. The molecule has 218 valence electrons. The van der Waals surface area contributed by atoms with Crippen LogP contribution < -0.4 is 5.32 Å². The quantitative estimate of drug-likeness (QED) is 0.270. The van der Waals surface area contributed by atoms with Gasteiger partial charge in [0.05, 0.1) is 11.7 Å². The Balaban J connectivity index is 1.40. The number of likely N-dealkylation sites (N-methyl/N-ethyl adjacent to an activating group) is 1. The molecule has 1 atom stereocenters. The van der Waals surface area contributed by atoms with Crippen LogP contribution in [0.5, 0.6) is 0 Å². The van der Waals surface area contributed by atoms with Gasteiger partial charge in [0.25, 0.3) is 0 Å². The number of halogens is 5. The first-order valence-electron chi connectivity index (χ1n) is 13.4. The number of alkyl halides is 3. The first kappa shape index (κ1) is 28.8. The zero-order valence-corrected chi connectivity index (χ0v) is 23.2. The van der Waals surface area contributed by atoms with E-state index in [1.165, 1.54) is 29.3 Å². The lowest BCUT2D eigenvalue weighted by molar-refractivity contribution is -0.190. The van der Waals surface area contributed by atoms with E-state index in [0.717, 1.165) is 12.7 Å². The smallest absolute Gasteiger partial charge is 0.326 e. The average molecular weight is 575 g/mol. The summed E-state index contributed by atoms with van der Waals surface area (Å²) >= 11 is 0. The van der Waals surface area contributed by atoms with Crippen molar-refractivity contribution < 1.29 is 22.0 Å². The number of aromatic nitrogens is 5. The summed E-state index contributed by atoms with van der Waals surface area (Å²) in [4.78, 5) is 20.2. The zero-order chi connectivity index (χ0) is 29.5. The highest BCUT2D eigenvalue weighted by atomic mass is 19.4. The number of hydrogen-bond donors (Lipinski definition) is 1. The van der Waals surface area contributed by atoms with E-state index in [0.29, 0.717) is 37.5 Å². The molecule has 4 aromatic rings. The molecule has 1 aliphatic heterocycles. The van der Waals surface area contributed by atoms with Crippen LogP contribution in [0.15, 0.2) is 36.7 Å². The second kappa shape index (κ2) is 11.3. The monoisotopic (exact) mass is 574 g/mol.